The standard InChI is InChI=1S/C9H12N2OS/c10-13-8-3-4-9(12)11(6-8)5-7-1-2-7/h3-4,6-7H,1-2,5,10H2. The molecule has 1 saturated carbocycles. The smallest absolute Gasteiger partial charge is 0.250 e. The molecule has 1 aliphatic rings. The number of rotatable bonds is 3. The highest BCUT2D eigenvalue weighted by Gasteiger charge is 2.21. The first-order chi connectivity index (χ1) is 6.29. The van der Waals surface area contributed by atoms with Crippen LogP contribution in [0.4, 0.5) is 0 Å². The topological polar surface area (TPSA) is 48.0 Å². The summed E-state index contributed by atoms with van der Waals surface area (Å²) in [7, 11) is 0. The lowest BCUT2D eigenvalue weighted by atomic mass is 10.4. The molecule has 1 heterocycles. The molecule has 0 aliphatic heterocycles. The molecule has 0 spiro atoms. The van der Waals surface area contributed by atoms with Crippen LogP contribution in [0.25, 0.3) is 0 Å². The van der Waals surface area contributed by atoms with Gasteiger partial charge in [-0.05, 0) is 36.8 Å². The van der Waals surface area contributed by atoms with Crippen molar-refractivity contribution in [3.63, 3.8) is 0 Å². The molecule has 0 radical (unpaired) electrons. The molecule has 0 aromatic carbocycles. The summed E-state index contributed by atoms with van der Waals surface area (Å²) in [5.41, 5.74) is 0.0738. The zero-order valence-corrected chi connectivity index (χ0v) is 8.09. The lowest BCUT2D eigenvalue weighted by Gasteiger charge is -2.04. The molecule has 0 atom stereocenters. The minimum absolute atomic E-state index is 0.0738. The van der Waals surface area contributed by atoms with E-state index in [4.69, 9.17) is 5.14 Å². The number of aromatic nitrogens is 1. The maximum Gasteiger partial charge on any atom is 0.250 e. The average Bonchev–Trinajstić information content (AvgIpc) is 2.93. The Labute approximate surface area is 81.1 Å². The van der Waals surface area contributed by atoms with E-state index in [1.165, 1.54) is 24.8 Å². The van der Waals surface area contributed by atoms with Gasteiger partial charge in [-0.3, -0.25) is 9.93 Å². The molecule has 1 aliphatic carbocycles. The van der Waals surface area contributed by atoms with Crippen LogP contribution in [0.15, 0.2) is 28.0 Å². The van der Waals surface area contributed by atoms with Crippen LogP contribution in [-0.2, 0) is 6.54 Å². The lowest BCUT2D eigenvalue weighted by Crippen LogP contribution is -2.19. The van der Waals surface area contributed by atoms with Crippen LogP contribution in [0, 0.1) is 5.92 Å². The third-order valence-corrected chi connectivity index (χ3v) is 2.76. The summed E-state index contributed by atoms with van der Waals surface area (Å²) in [6.45, 7) is 0.854. The van der Waals surface area contributed by atoms with Gasteiger partial charge in [0, 0.05) is 23.7 Å². The molecule has 1 fully saturated rings. The molecule has 0 bridgehead atoms. The van der Waals surface area contributed by atoms with Gasteiger partial charge in [0.1, 0.15) is 0 Å². The second kappa shape index (κ2) is 3.55. The minimum atomic E-state index is 0.0738. The normalized spacial score (nSPS) is 16.1. The van der Waals surface area contributed by atoms with Gasteiger partial charge in [0.25, 0.3) is 5.56 Å². The van der Waals surface area contributed by atoms with Crippen molar-refractivity contribution < 1.29 is 0 Å². The average molecular weight is 196 g/mol. The molecule has 0 amide bonds. The predicted molar refractivity (Wildman–Crippen MR) is 53.5 cm³/mol. The molecule has 1 aromatic heterocycles. The molecule has 0 unspecified atom stereocenters. The number of hydrogen-bond donors (Lipinski definition) is 1. The van der Waals surface area contributed by atoms with Crippen molar-refractivity contribution in [2.24, 2.45) is 11.1 Å². The molecule has 2 N–H and O–H groups in total. The van der Waals surface area contributed by atoms with Gasteiger partial charge in [-0.2, -0.15) is 0 Å². The van der Waals surface area contributed by atoms with Crippen LogP contribution >= 0.6 is 11.9 Å². The highest BCUT2D eigenvalue weighted by Crippen LogP contribution is 2.30. The Balaban J connectivity index is 2.24. The van der Waals surface area contributed by atoms with Crippen molar-refractivity contribution in [1.82, 2.24) is 4.57 Å². The molecule has 70 valence electrons. The molecule has 1 aromatic rings. The number of pyridine rings is 1. The largest absolute Gasteiger partial charge is 0.314 e. The second-order valence-corrected chi connectivity index (χ2v) is 4.12. The predicted octanol–water partition coefficient (Wildman–Crippen LogP) is 1.22. The number of nitrogens with zero attached hydrogens (tertiary/aromatic N) is 1. The molecule has 3 nitrogen and oxygen atoms in total. The third-order valence-electron chi connectivity index (χ3n) is 2.24. The van der Waals surface area contributed by atoms with Crippen molar-refractivity contribution in [3.05, 3.63) is 28.7 Å². The van der Waals surface area contributed by atoms with E-state index in [0.29, 0.717) is 0 Å². The summed E-state index contributed by atoms with van der Waals surface area (Å²) in [5.74, 6) is 0.718. The Morgan fingerprint density at radius 3 is 2.92 bits per heavy atom. The molecular formula is C9H12N2OS. The zero-order valence-electron chi connectivity index (χ0n) is 7.27. The van der Waals surface area contributed by atoms with E-state index in [1.54, 1.807) is 16.7 Å². The van der Waals surface area contributed by atoms with Crippen molar-refractivity contribution >= 4 is 11.9 Å². The summed E-state index contributed by atoms with van der Waals surface area (Å²) in [6, 6.07) is 3.34. The summed E-state index contributed by atoms with van der Waals surface area (Å²) < 4.78 is 1.76. The summed E-state index contributed by atoms with van der Waals surface area (Å²) in [4.78, 5) is 12.3. The molecule has 2 rings (SSSR count). The van der Waals surface area contributed by atoms with Gasteiger partial charge >= 0.3 is 0 Å². The first-order valence-electron chi connectivity index (χ1n) is 4.37. The van der Waals surface area contributed by atoms with Crippen LogP contribution in [0.3, 0.4) is 0 Å². The Kier molecular flexibility index (Phi) is 2.42. The van der Waals surface area contributed by atoms with E-state index in [1.807, 2.05) is 6.20 Å². The first kappa shape index (κ1) is 8.84. The van der Waals surface area contributed by atoms with Crippen LogP contribution in [0.1, 0.15) is 12.8 Å². The first-order valence-corrected chi connectivity index (χ1v) is 5.25. The highest BCUT2D eigenvalue weighted by molar-refractivity contribution is 7.97. The van der Waals surface area contributed by atoms with Gasteiger partial charge in [-0.1, -0.05) is 0 Å². The molecule has 0 saturated heterocycles. The number of nitrogens with two attached hydrogens (primary N) is 1. The lowest BCUT2D eigenvalue weighted by molar-refractivity contribution is 0.600. The molecule has 13 heavy (non-hydrogen) atoms. The van der Waals surface area contributed by atoms with Gasteiger partial charge in [-0.25, -0.2) is 0 Å². The maximum absolute atomic E-state index is 11.4. The summed E-state index contributed by atoms with van der Waals surface area (Å²) in [5, 5.41) is 5.42. The Morgan fingerprint density at radius 1 is 1.54 bits per heavy atom. The van der Waals surface area contributed by atoms with E-state index in [2.05, 4.69) is 0 Å². The number of hydrogen-bond acceptors (Lipinski definition) is 3. The third kappa shape index (κ3) is 2.14. The van der Waals surface area contributed by atoms with Gasteiger partial charge in [-0.15, -0.1) is 0 Å². The van der Waals surface area contributed by atoms with Crippen LogP contribution in [0.5, 0.6) is 0 Å². The van der Waals surface area contributed by atoms with Crippen LogP contribution in [-0.4, -0.2) is 4.57 Å². The SMILES string of the molecule is NSc1ccc(=O)n(CC2CC2)c1. The summed E-state index contributed by atoms with van der Waals surface area (Å²) in [6.07, 6.45) is 4.35. The zero-order chi connectivity index (χ0) is 9.26. The minimum Gasteiger partial charge on any atom is -0.314 e. The van der Waals surface area contributed by atoms with Gasteiger partial charge in [0.2, 0.25) is 0 Å². The van der Waals surface area contributed by atoms with E-state index < -0.39 is 0 Å². The highest BCUT2D eigenvalue weighted by atomic mass is 32.2. The fourth-order valence-electron chi connectivity index (χ4n) is 1.30. The second-order valence-electron chi connectivity index (χ2n) is 3.42. The fourth-order valence-corrected chi connectivity index (χ4v) is 1.64. The van der Waals surface area contributed by atoms with Crippen LogP contribution < -0.4 is 10.7 Å². The fraction of sp³-hybridized carbons (Fsp3) is 0.444. The molecule has 4 heteroatoms. The maximum atomic E-state index is 11.4. The van der Waals surface area contributed by atoms with E-state index in [-0.39, 0.29) is 5.56 Å². The Bertz CT molecular complexity index is 357. The molecular weight excluding hydrogens is 184 g/mol. The van der Waals surface area contributed by atoms with Crippen LogP contribution in [0.2, 0.25) is 0 Å². The summed E-state index contributed by atoms with van der Waals surface area (Å²) >= 11 is 1.18. The van der Waals surface area contributed by atoms with Gasteiger partial charge in [0.05, 0.1) is 0 Å². The van der Waals surface area contributed by atoms with Crippen molar-refractivity contribution in [2.45, 2.75) is 24.3 Å². The quantitative estimate of drug-likeness (QED) is 0.739. The monoisotopic (exact) mass is 196 g/mol. The van der Waals surface area contributed by atoms with Gasteiger partial charge in [0.15, 0.2) is 0 Å². The van der Waals surface area contributed by atoms with E-state index >= 15 is 0 Å². The Morgan fingerprint density at radius 2 is 2.31 bits per heavy atom. The van der Waals surface area contributed by atoms with E-state index in [0.717, 1.165) is 17.4 Å². The van der Waals surface area contributed by atoms with E-state index in [9.17, 15) is 4.79 Å². The Hall–Kier alpha value is -0.740. The van der Waals surface area contributed by atoms with Crippen molar-refractivity contribution in [1.29, 1.82) is 0 Å². The van der Waals surface area contributed by atoms with Gasteiger partial charge < -0.3 is 4.57 Å². The van der Waals surface area contributed by atoms with Crippen molar-refractivity contribution in [3.8, 4) is 0 Å². The van der Waals surface area contributed by atoms with Crippen molar-refractivity contribution in [2.75, 3.05) is 0 Å².